The summed E-state index contributed by atoms with van der Waals surface area (Å²) in [4.78, 5) is 0. The molecule has 0 aromatic heterocycles. The minimum atomic E-state index is 0.478. The third-order valence-electron chi connectivity index (χ3n) is 3.90. The van der Waals surface area contributed by atoms with Gasteiger partial charge in [-0.1, -0.05) is 29.3 Å². The second-order valence-electron chi connectivity index (χ2n) is 5.55. The Bertz CT molecular complexity index is 362. The third-order valence-corrected chi connectivity index (χ3v) is 3.90. The number of hydrogen-bond donors (Lipinski definition) is 1. The van der Waals surface area contributed by atoms with Gasteiger partial charge in [-0.3, -0.25) is 0 Å². The highest BCUT2D eigenvalue weighted by molar-refractivity contribution is 5.30. The smallest absolute Gasteiger partial charge is 0.0468 e. The number of nitrogens with one attached hydrogen (secondary N) is 1. The van der Waals surface area contributed by atoms with Crippen LogP contribution in [0.15, 0.2) is 18.2 Å². The van der Waals surface area contributed by atoms with E-state index in [0.717, 1.165) is 19.1 Å². The molecule has 0 saturated carbocycles. The molecule has 1 heterocycles. The molecule has 0 amide bonds. The van der Waals surface area contributed by atoms with Crippen molar-refractivity contribution in [3.63, 3.8) is 0 Å². The molecule has 1 unspecified atom stereocenters. The lowest BCUT2D eigenvalue weighted by molar-refractivity contribution is 0.0608. The first-order chi connectivity index (χ1) is 8.69. The highest BCUT2D eigenvalue weighted by atomic mass is 16.5. The lowest BCUT2D eigenvalue weighted by Gasteiger charge is -2.27. The van der Waals surface area contributed by atoms with Crippen LogP contribution in [0.2, 0.25) is 0 Å². The van der Waals surface area contributed by atoms with E-state index in [9.17, 15) is 0 Å². The van der Waals surface area contributed by atoms with Crippen molar-refractivity contribution in [1.29, 1.82) is 0 Å². The Morgan fingerprint density at radius 3 is 2.33 bits per heavy atom. The van der Waals surface area contributed by atoms with Crippen molar-refractivity contribution in [1.82, 2.24) is 5.32 Å². The maximum Gasteiger partial charge on any atom is 0.0468 e. The summed E-state index contributed by atoms with van der Waals surface area (Å²) in [6.07, 6.45) is 3.65. The van der Waals surface area contributed by atoms with Crippen LogP contribution in [0.1, 0.15) is 42.0 Å². The molecular formula is C16H25NO. The molecule has 1 fully saturated rings. The molecule has 0 spiro atoms. The van der Waals surface area contributed by atoms with Crippen molar-refractivity contribution in [2.24, 2.45) is 5.92 Å². The molecule has 100 valence electrons. The van der Waals surface area contributed by atoms with Crippen LogP contribution in [-0.2, 0) is 4.74 Å². The van der Waals surface area contributed by atoms with Gasteiger partial charge < -0.3 is 10.1 Å². The van der Waals surface area contributed by atoms with E-state index < -0.39 is 0 Å². The van der Waals surface area contributed by atoms with E-state index in [0.29, 0.717) is 6.04 Å². The molecule has 1 saturated heterocycles. The number of benzene rings is 1. The maximum absolute atomic E-state index is 5.44. The fourth-order valence-electron chi connectivity index (χ4n) is 2.95. The molecule has 0 bridgehead atoms. The Labute approximate surface area is 111 Å². The Balaban J connectivity index is 2.06. The molecule has 2 rings (SSSR count). The molecule has 0 radical (unpaired) electrons. The van der Waals surface area contributed by atoms with Gasteiger partial charge in [0.1, 0.15) is 0 Å². The van der Waals surface area contributed by atoms with Crippen LogP contribution in [-0.4, -0.2) is 20.3 Å². The van der Waals surface area contributed by atoms with Crippen molar-refractivity contribution in [3.05, 3.63) is 34.9 Å². The van der Waals surface area contributed by atoms with E-state index in [2.05, 4.69) is 44.4 Å². The summed E-state index contributed by atoms with van der Waals surface area (Å²) in [5.41, 5.74) is 4.15. The van der Waals surface area contributed by atoms with Crippen LogP contribution in [0, 0.1) is 19.8 Å². The highest BCUT2D eigenvalue weighted by Crippen LogP contribution is 2.28. The molecule has 2 heteroatoms. The van der Waals surface area contributed by atoms with Gasteiger partial charge in [0.2, 0.25) is 0 Å². The number of ether oxygens (including phenoxy) is 1. The minimum Gasteiger partial charge on any atom is -0.381 e. The highest BCUT2D eigenvalue weighted by Gasteiger charge is 2.19. The zero-order valence-corrected chi connectivity index (χ0v) is 11.8. The van der Waals surface area contributed by atoms with Crippen molar-refractivity contribution in [2.75, 3.05) is 20.3 Å². The summed E-state index contributed by atoms with van der Waals surface area (Å²) in [7, 11) is 2.07. The van der Waals surface area contributed by atoms with Gasteiger partial charge >= 0.3 is 0 Å². The Kier molecular flexibility index (Phi) is 4.79. The molecule has 18 heavy (non-hydrogen) atoms. The van der Waals surface area contributed by atoms with E-state index in [1.807, 2.05) is 0 Å². The Morgan fingerprint density at radius 1 is 1.17 bits per heavy atom. The molecule has 1 aliphatic heterocycles. The monoisotopic (exact) mass is 247 g/mol. The van der Waals surface area contributed by atoms with E-state index in [4.69, 9.17) is 4.74 Å². The molecule has 1 aromatic carbocycles. The summed E-state index contributed by atoms with van der Waals surface area (Å²) >= 11 is 0. The van der Waals surface area contributed by atoms with Gasteiger partial charge in [-0.2, -0.15) is 0 Å². The lowest BCUT2D eigenvalue weighted by Crippen LogP contribution is -2.24. The molecule has 1 aliphatic rings. The number of hydrogen-bond acceptors (Lipinski definition) is 2. The summed E-state index contributed by atoms with van der Waals surface area (Å²) in [5, 5.41) is 3.48. The van der Waals surface area contributed by atoms with E-state index >= 15 is 0 Å². The van der Waals surface area contributed by atoms with Crippen molar-refractivity contribution >= 4 is 0 Å². The lowest BCUT2D eigenvalue weighted by atomic mass is 9.88. The van der Waals surface area contributed by atoms with Gasteiger partial charge in [0.25, 0.3) is 0 Å². The fourth-order valence-corrected chi connectivity index (χ4v) is 2.95. The van der Waals surface area contributed by atoms with Crippen molar-refractivity contribution < 1.29 is 4.74 Å². The predicted molar refractivity (Wildman–Crippen MR) is 75.9 cm³/mol. The predicted octanol–water partition coefficient (Wildman–Crippen LogP) is 3.38. The van der Waals surface area contributed by atoms with Gasteiger partial charge in [-0.25, -0.2) is 0 Å². The van der Waals surface area contributed by atoms with Crippen LogP contribution in [0.4, 0.5) is 0 Å². The van der Waals surface area contributed by atoms with Gasteiger partial charge in [0.05, 0.1) is 0 Å². The van der Waals surface area contributed by atoms with E-state index in [-0.39, 0.29) is 0 Å². The maximum atomic E-state index is 5.44. The summed E-state index contributed by atoms with van der Waals surface area (Å²) in [5.74, 6) is 0.803. The summed E-state index contributed by atoms with van der Waals surface area (Å²) in [6, 6.07) is 7.35. The number of aryl methyl sites for hydroxylation is 2. The Morgan fingerprint density at radius 2 is 1.78 bits per heavy atom. The average molecular weight is 247 g/mol. The van der Waals surface area contributed by atoms with E-state index in [1.165, 1.54) is 36.0 Å². The fraction of sp³-hybridized carbons (Fsp3) is 0.625. The average Bonchev–Trinajstić information content (AvgIpc) is 2.36. The SMILES string of the molecule is CNC(CC1CCOCC1)c1cc(C)cc(C)c1. The van der Waals surface area contributed by atoms with Crippen LogP contribution in [0.5, 0.6) is 0 Å². The standard InChI is InChI=1S/C16H25NO/c1-12-8-13(2)10-15(9-12)16(17-3)11-14-4-6-18-7-5-14/h8-10,14,16-17H,4-7,11H2,1-3H3. The first-order valence-electron chi connectivity index (χ1n) is 7.02. The zero-order chi connectivity index (χ0) is 13.0. The quantitative estimate of drug-likeness (QED) is 0.880. The largest absolute Gasteiger partial charge is 0.381 e. The summed E-state index contributed by atoms with van der Waals surface area (Å²) < 4.78 is 5.44. The zero-order valence-electron chi connectivity index (χ0n) is 11.8. The molecular weight excluding hydrogens is 222 g/mol. The third kappa shape index (κ3) is 3.56. The van der Waals surface area contributed by atoms with Crippen LogP contribution in [0.3, 0.4) is 0 Å². The van der Waals surface area contributed by atoms with Gasteiger partial charge in [0.15, 0.2) is 0 Å². The molecule has 0 aliphatic carbocycles. The van der Waals surface area contributed by atoms with Crippen LogP contribution < -0.4 is 5.32 Å². The molecule has 1 N–H and O–H groups in total. The first kappa shape index (κ1) is 13.6. The molecule has 2 nitrogen and oxygen atoms in total. The van der Waals surface area contributed by atoms with Crippen molar-refractivity contribution in [2.45, 2.75) is 39.2 Å². The molecule has 1 atom stereocenters. The van der Waals surface area contributed by atoms with E-state index in [1.54, 1.807) is 0 Å². The van der Waals surface area contributed by atoms with Crippen LogP contribution >= 0.6 is 0 Å². The normalized spacial score (nSPS) is 18.8. The summed E-state index contributed by atoms with van der Waals surface area (Å²) in [6.45, 7) is 6.23. The van der Waals surface area contributed by atoms with Crippen molar-refractivity contribution in [3.8, 4) is 0 Å². The van der Waals surface area contributed by atoms with Crippen LogP contribution in [0.25, 0.3) is 0 Å². The minimum absolute atomic E-state index is 0.478. The van der Waals surface area contributed by atoms with Gasteiger partial charge in [-0.15, -0.1) is 0 Å². The second kappa shape index (κ2) is 6.35. The topological polar surface area (TPSA) is 21.3 Å². The Hall–Kier alpha value is -0.860. The number of rotatable bonds is 4. The molecule has 1 aromatic rings. The van der Waals surface area contributed by atoms with Gasteiger partial charge in [0, 0.05) is 19.3 Å². The van der Waals surface area contributed by atoms with Gasteiger partial charge in [-0.05, 0) is 51.6 Å². The second-order valence-corrected chi connectivity index (χ2v) is 5.55. The first-order valence-corrected chi connectivity index (χ1v) is 7.02.